The fourth-order valence-electron chi connectivity index (χ4n) is 0.958. The quantitative estimate of drug-likeness (QED) is 0.692. The minimum atomic E-state index is -1.20. The van der Waals surface area contributed by atoms with Gasteiger partial charge in [-0.2, -0.15) is 0 Å². The molecular weight excluding hydrogens is 176 g/mol. The lowest BCUT2D eigenvalue weighted by molar-refractivity contribution is -0.136. The van der Waals surface area contributed by atoms with Gasteiger partial charge in [-0.1, -0.05) is 26.7 Å². The van der Waals surface area contributed by atoms with E-state index in [4.69, 9.17) is 5.11 Å². The minimum Gasteiger partial charge on any atom is -0.480 e. The molecule has 0 aliphatic rings. The molecule has 0 fully saturated rings. The van der Waals surface area contributed by atoms with E-state index in [9.17, 15) is 9.00 Å². The Bertz CT molecular complexity index is 168. The van der Waals surface area contributed by atoms with Crippen LogP contribution in [0, 0.1) is 0 Å². The zero-order valence-electron chi connectivity index (χ0n) is 7.58. The number of unbranched alkanes of at least 4 members (excludes halogenated alkanes) is 1. The molecule has 3 nitrogen and oxygen atoms in total. The van der Waals surface area contributed by atoms with Crippen molar-refractivity contribution in [2.75, 3.05) is 5.75 Å². The van der Waals surface area contributed by atoms with Crippen LogP contribution in [-0.2, 0) is 15.6 Å². The number of carboxylic acids is 1. The van der Waals surface area contributed by atoms with Crippen LogP contribution in [-0.4, -0.2) is 26.3 Å². The molecule has 0 aliphatic carbocycles. The van der Waals surface area contributed by atoms with Gasteiger partial charge in [0.2, 0.25) is 0 Å². The van der Waals surface area contributed by atoms with Gasteiger partial charge in [-0.05, 0) is 6.42 Å². The van der Waals surface area contributed by atoms with Gasteiger partial charge in [0.1, 0.15) is 5.25 Å². The smallest absolute Gasteiger partial charge is 0.319 e. The number of hydrogen-bond donors (Lipinski definition) is 1. The summed E-state index contributed by atoms with van der Waals surface area (Å²) in [5, 5.41) is 8.05. The third-order valence-electron chi connectivity index (χ3n) is 1.70. The molecule has 0 aromatic rings. The van der Waals surface area contributed by atoms with Crippen molar-refractivity contribution in [3.05, 3.63) is 0 Å². The van der Waals surface area contributed by atoms with E-state index >= 15 is 0 Å². The van der Waals surface area contributed by atoms with Crippen LogP contribution < -0.4 is 0 Å². The highest BCUT2D eigenvalue weighted by atomic mass is 32.2. The molecule has 2 atom stereocenters. The Hall–Kier alpha value is -0.380. The number of carboxylic acid groups (broad SMARTS) is 1. The van der Waals surface area contributed by atoms with Crippen LogP contribution in [0.2, 0.25) is 0 Å². The Kier molecular flexibility index (Phi) is 5.98. The van der Waals surface area contributed by atoms with Crippen molar-refractivity contribution in [3.63, 3.8) is 0 Å². The largest absolute Gasteiger partial charge is 0.480 e. The van der Waals surface area contributed by atoms with Crippen LogP contribution in [0.15, 0.2) is 0 Å². The molecule has 2 unspecified atom stereocenters. The van der Waals surface area contributed by atoms with Crippen LogP contribution >= 0.6 is 0 Å². The fraction of sp³-hybridized carbons (Fsp3) is 0.875. The summed E-state index contributed by atoms with van der Waals surface area (Å²) in [6.45, 7) is 3.74. The van der Waals surface area contributed by atoms with E-state index in [-0.39, 0.29) is 0 Å². The average Bonchev–Trinajstić information content (AvgIpc) is 2.04. The van der Waals surface area contributed by atoms with Gasteiger partial charge < -0.3 is 5.11 Å². The molecule has 12 heavy (non-hydrogen) atoms. The second kappa shape index (κ2) is 6.17. The lowest BCUT2D eigenvalue weighted by atomic mass is 10.2. The molecule has 4 heteroatoms. The van der Waals surface area contributed by atoms with Gasteiger partial charge in [-0.15, -0.1) is 0 Å². The molecule has 0 spiro atoms. The number of aliphatic carboxylic acids is 1. The van der Waals surface area contributed by atoms with E-state index in [1.807, 2.05) is 6.92 Å². The normalized spacial score (nSPS) is 15.5. The lowest BCUT2D eigenvalue weighted by Crippen LogP contribution is -2.26. The molecule has 0 heterocycles. The lowest BCUT2D eigenvalue weighted by Gasteiger charge is -2.09. The van der Waals surface area contributed by atoms with Crippen LogP contribution in [0.1, 0.15) is 33.1 Å². The molecule has 0 saturated carbocycles. The first-order valence-electron chi connectivity index (χ1n) is 4.23. The van der Waals surface area contributed by atoms with Gasteiger partial charge in [-0.25, -0.2) is 0 Å². The summed E-state index contributed by atoms with van der Waals surface area (Å²) in [7, 11) is -1.20. The van der Waals surface area contributed by atoms with E-state index < -0.39 is 22.0 Å². The summed E-state index contributed by atoms with van der Waals surface area (Å²) in [4.78, 5) is 10.6. The van der Waals surface area contributed by atoms with Crippen molar-refractivity contribution >= 4 is 16.8 Å². The molecule has 0 aromatic carbocycles. The molecular formula is C8H16O3S. The van der Waals surface area contributed by atoms with Gasteiger partial charge in [0.25, 0.3) is 0 Å². The number of hydrogen-bond acceptors (Lipinski definition) is 2. The predicted molar refractivity (Wildman–Crippen MR) is 49.6 cm³/mol. The maximum atomic E-state index is 11.2. The molecule has 0 amide bonds. The summed E-state index contributed by atoms with van der Waals surface area (Å²) in [6.07, 6.45) is 2.32. The Morgan fingerprint density at radius 1 is 1.50 bits per heavy atom. The topological polar surface area (TPSA) is 54.4 Å². The Morgan fingerprint density at radius 2 is 2.08 bits per heavy atom. The fourth-order valence-corrected chi connectivity index (χ4v) is 2.01. The summed E-state index contributed by atoms with van der Waals surface area (Å²) in [5.41, 5.74) is 0. The second-order valence-corrected chi connectivity index (χ2v) is 4.55. The highest BCUT2D eigenvalue weighted by Gasteiger charge is 2.22. The summed E-state index contributed by atoms with van der Waals surface area (Å²) >= 11 is 0. The first-order chi connectivity index (χ1) is 5.63. The molecule has 0 radical (unpaired) electrons. The third-order valence-corrected chi connectivity index (χ3v) is 3.34. The predicted octanol–water partition coefficient (Wildman–Crippen LogP) is 1.40. The Balaban J connectivity index is 4.04. The van der Waals surface area contributed by atoms with Crippen LogP contribution in [0.3, 0.4) is 0 Å². The van der Waals surface area contributed by atoms with E-state index in [0.717, 1.165) is 12.8 Å². The standard InChI is InChI=1S/C8H16O3S/c1-3-5-6-7(8(9)10)12(11)4-2/h7H,3-6H2,1-2H3,(H,9,10). The average molecular weight is 192 g/mol. The van der Waals surface area contributed by atoms with Gasteiger partial charge >= 0.3 is 5.97 Å². The first-order valence-corrected chi connectivity index (χ1v) is 5.61. The maximum absolute atomic E-state index is 11.2. The third kappa shape index (κ3) is 3.85. The number of carbonyl (C=O) groups is 1. The monoisotopic (exact) mass is 192 g/mol. The van der Waals surface area contributed by atoms with Gasteiger partial charge in [0, 0.05) is 16.6 Å². The van der Waals surface area contributed by atoms with Crippen LogP contribution in [0.5, 0.6) is 0 Å². The summed E-state index contributed by atoms with van der Waals surface area (Å²) in [6, 6.07) is 0. The van der Waals surface area contributed by atoms with Crippen molar-refractivity contribution in [2.45, 2.75) is 38.4 Å². The van der Waals surface area contributed by atoms with E-state index in [2.05, 4.69) is 0 Å². The van der Waals surface area contributed by atoms with Crippen LogP contribution in [0.4, 0.5) is 0 Å². The van der Waals surface area contributed by atoms with Gasteiger partial charge in [0.05, 0.1) is 0 Å². The van der Waals surface area contributed by atoms with E-state index in [1.54, 1.807) is 6.92 Å². The van der Waals surface area contributed by atoms with Gasteiger partial charge in [0.15, 0.2) is 0 Å². The van der Waals surface area contributed by atoms with Crippen LogP contribution in [0.25, 0.3) is 0 Å². The highest BCUT2D eigenvalue weighted by Crippen LogP contribution is 2.07. The zero-order chi connectivity index (χ0) is 9.56. The second-order valence-electron chi connectivity index (χ2n) is 2.64. The molecule has 1 N–H and O–H groups in total. The molecule has 0 rings (SSSR count). The molecule has 72 valence electrons. The molecule has 0 aliphatic heterocycles. The minimum absolute atomic E-state index is 0.431. The zero-order valence-corrected chi connectivity index (χ0v) is 8.39. The van der Waals surface area contributed by atoms with Crippen molar-refractivity contribution in [1.29, 1.82) is 0 Å². The van der Waals surface area contributed by atoms with Crippen molar-refractivity contribution in [2.24, 2.45) is 0 Å². The van der Waals surface area contributed by atoms with Gasteiger partial charge in [-0.3, -0.25) is 9.00 Å². The van der Waals surface area contributed by atoms with E-state index in [1.165, 1.54) is 0 Å². The van der Waals surface area contributed by atoms with Crippen molar-refractivity contribution in [1.82, 2.24) is 0 Å². The SMILES string of the molecule is CCCCC(C(=O)O)S(=O)CC. The first kappa shape index (κ1) is 11.6. The Labute approximate surface area is 75.6 Å². The van der Waals surface area contributed by atoms with Crippen molar-refractivity contribution < 1.29 is 14.1 Å². The molecule has 0 bridgehead atoms. The Morgan fingerprint density at radius 3 is 2.42 bits per heavy atom. The summed E-state index contributed by atoms with van der Waals surface area (Å²) in [5.74, 6) is -0.496. The maximum Gasteiger partial charge on any atom is 0.319 e. The molecule has 0 saturated heterocycles. The summed E-state index contributed by atoms with van der Waals surface area (Å²) < 4.78 is 11.2. The molecule has 0 aromatic heterocycles. The van der Waals surface area contributed by atoms with Crippen molar-refractivity contribution in [3.8, 4) is 0 Å². The van der Waals surface area contributed by atoms with E-state index in [0.29, 0.717) is 12.2 Å². The highest BCUT2D eigenvalue weighted by molar-refractivity contribution is 7.86. The number of rotatable bonds is 6.